The first-order valence-corrected chi connectivity index (χ1v) is 13.3. The molecule has 0 atom stereocenters. The van der Waals surface area contributed by atoms with Crippen LogP contribution in [0, 0.1) is 84.9 Å². The summed E-state index contributed by atoms with van der Waals surface area (Å²) in [4.78, 5) is 0. The van der Waals surface area contributed by atoms with Crippen molar-refractivity contribution in [3.8, 4) is 0 Å². The van der Waals surface area contributed by atoms with Crippen molar-refractivity contribution in [3.63, 3.8) is 0 Å². The average molecular weight is 415 g/mol. The summed E-state index contributed by atoms with van der Waals surface area (Å²) in [7, 11) is 9.78. The Morgan fingerprint density at radius 2 is 0.960 bits per heavy atom. The van der Waals surface area contributed by atoms with Crippen molar-refractivity contribution in [2.24, 2.45) is 22.7 Å². The summed E-state index contributed by atoms with van der Waals surface area (Å²) in [6.45, 7) is 18.6. The molecule has 0 amide bonds. The zero-order chi connectivity index (χ0) is 19.4. The molecule has 0 unspecified atom stereocenters. The molecule has 0 heterocycles. The summed E-state index contributed by atoms with van der Waals surface area (Å²) in [5.74, 6) is 6.99. The van der Waals surface area contributed by atoms with E-state index in [0.717, 1.165) is 0 Å². The normalized spacial score (nSPS) is 21.9. The molecule has 138 valence electrons. The van der Waals surface area contributed by atoms with Crippen molar-refractivity contribution in [1.29, 1.82) is 0 Å². The van der Waals surface area contributed by atoms with Gasteiger partial charge in [-0.15, -0.1) is 0 Å². The van der Waals surface area contributed by atoms with E-state index < -0.39 is 17.0 Å². The van der Waals surface area contributed by atoms with Crippen LogP contribution in [0.5, 0.6) is 0 Å². The average Bonchev–Trinajstić information content (AvgIpc) is 3.18. The third-order valence-electron chi connectivity index (χ3n) is 5.89. The number of hydrogen-bond donors (Lipinski definition) is 0. The quantitative estimate of drug-likeness (QED) is 0.414. The molecule has 0 aromatic heterocycles. The van der Waals surface area contributed by atoms with E-state index in [4.69, 9.17) is 18.6 Å². The Kier molecular flexibility index (Phi) is 9.91. The third kappa shape index (κ3) is 5.88. The first-order valence-electron chi connectivity index (χ1n) is 8.99. The van der Waals surface area contributed by atoms with Crippen molar-refractivity contribution in [2.75, 3.05) is 0 Å². The summed E-state index contributed by atoms with van der Waals surface area (Å²) in [6, 6.07) is 0. The molecule has 2 saturated carbocycles. The molecule has 0 aliphatic heterocycles. The topological polar surface area (TPSA) is 0 Å². The molecule has 0 aromatic rings. The molecule has 0 nitrogen and oxygen atoms in total. The van der Waals surface area contributed by atoms with Crippen LogP contribution in [0.4, 0.5) is 0 Å². The Labute approximate surface area is 175 Å². The van der Waals surface area contributed by atoms with Crippen LogP contribution in [0.1, 0.15) is 55.4 Å². The molecule has 2 rings (SSSR count). The van der Waals surface area contributed by atoms with Crippen LogP contribution in [0.3, 0.4) is 0 Å². The van der Waals surface area contributed by atoms with Gasteiger partial charge in [0.05, 0.1) is 0 Å². The van der Waals surface area contributed by atoms with Gasteiger partial charge in [-0.25, -0.2) is 0 Å². The number of halogens is 2. The van der Waals surface area contributed by atoms with Gasteiger partial charge < -0.3 is 0 Å². The second-order valence-corrected chi connectivity index (χ2v) is 11.1. The molecule has 0 spiro atoms. The van der Waals surface area contributed by atoms with E-state index in [-0.39, 0.29) is 10.8 Å². The maximum absolute atomic E-state index is 4.89. The zero-order valence-corrected chi connectivity index (χ0v) is 19.9. The van der Waals surface area contributed by atoms with Crippen molar-refractivity contribution >= 4 is 18.6 Å². The minimum atomic E-state index is -0.556. The van der Waals surface area contributed by atoms with Gasteiger partial charge in [0.15, 0.2) is 0 Å². The molecule has 2 aliphatic carbocycles. The summed E-state index contributed by atoms with van der Waals surface area (Å²) in [6.07, 6.45) is 14.0. The molecular weight excluding hydrogens is 383 g/mol. The molecule has 10 radical (unpaired) electrons. The maximum atomic E-state index is 4.89. The fourth-order valence-electron chi connectivity index (χ4n) is 3.14. The van der Waals surface area contributed by atoms with E-state index in [9.17, 15) is 0 Å². The van der Waals surface area contributed by atoms with Crippen LogP contribution in [0.2, 0.25) is 0 Å². The van der Waals surface area contributed by atoms with Gasteiger partial charge in [-0.2, -0.15) is 0 Å². The fraction of sp³-hybridized carbons (Fsp3) is 0.545. The third-order valence-corrected chi connectivity index (χ3v) is 5.89. The second-order valence-electron chi connectivity index (χ2n) is 8.50. The first kappa shape index (κ1) is 24.3. The summed E-state index contributed by atoms with van der Waals surface area (Å²) >= 11 is -0.556. The molecule has 3 heteroatoms. The van der Waals surface area contributed by atoms with Crippen LogP contribution in [-0.2, 0) is 17.0 Å². The molecule has 2 fully saturated rings. The van der Waals surface area contributed by atoms with Crippen LogP contribution < -0.4 is 0 Å². The molecule has 0 bridgehead atoms. The van der Waals surface area contributed by atoms with Crippen molar-refractivity contribution in [1.82, 2.24) is 0 Å². The van der Waals surface area contributed by atoms with Crippen LogP contribution in [0.25, 0.3) is 0 Å². The molecule has 0 N–H and O–H groups in total. The van der Waals surface area contributed by atoms with Gasteiger partial charge in [-0.1, -0.05) is 55.4 Å². The van der Waals surface area contributed by atoms with Crippen molar-refractivity contribution in [2.45, 2.75) is 55.4 Å². The predicted molar refractivity (Wildman–Crippen MR) is 108 cm³/mol. The van der Waals surface area contributed by atoms with E-state index in [1.807, 2.05) is 0 Å². The van der Waals surface area contributed by atoms with Crippen LogP contribution in [-0.4, -0.2) is 0 Å². The van der Waals surface area contributed by atoms with Crippen molar-refractivity contribution < 1.29 is 17.0 Å². The Morgan fingerprint density at radius 3 is 1.16 bits per heavy atom. The molecule has 0 saturated heterocycles. The standard InChI is InChI=1S/C22H32.2ClH.Ti/c1-15(2)17-9-11-19(13-17)21(5,6)22(7,8)20-12-10-18(14-20)16(3)4;;;/h9-16H,1-8H3;2*1H;/q;;;+2/p-2. The summed E-state index contributed by atoms with van der Waals surface area (Å²) in [5, 5.41) is 0. The molecule has 25 heavy (non-hydrogen) atoms. The Hall–Kier alpha value is 1.29. The number of rotatable bonds is 5. The van der Waals surface area contributed by atoms with Gasteiger partial charge in [0, 0.05) is 0 Å². The van der Waals surface area contributed by atoms with Crippen LogP contribution >= 0.6 is 18.6 Å². The monoisotopic (exact) mass is 414 g/mol. The van der Waals surface area contributed by atoms with E-state index in [0.29, 0.717) is 11.8 Å². The van der Waals surface area contributed by atoms with Gasteiger partial charge in [0.25, 0.3) is 0 Å². The Balaban J connectivity index is 0.000000970. The first-order chi connectivity index (χ1) is 11.5. The van der Waals surface area contributed by atoms with Gasteiger partial charge in [0.1, 0.15) is 0 Å². The van der Waals surface area contributed by atoms with Gasteiger partial charge in [0.2, 0.25) is 0 Å². The van der Waals surface area contributed by atoms with Crippen molar-refractivity contribution in [3.05, 3.63) is 62.2 Å². The van der Waals surface area contributed by atoms with E-state index >= 15 is 0 Å². The van der Waals surface area contributed by atoms with Gasteiger partial charge in [-0.05, 0) is 84.9 Å². The SMILES string of the molecule is CC(C)[C]1[CH][CH][C](C(C)(C)C(C)(C)[C]2[CH][CH][C](C(C)C)[CH]2)[CH]1.[Cl][Ti][Cl]. The van der Waals surface area contributed by atoms with E-state index in [1.54, 1.807) is 0 Å². The van der Waals surface area contributed by atoms with Crippen LogP contribution in [0.15, 0.2) is 0 Å². The van der Waals surface area contributed by atoms with E-state index in [1.165, 1.54) is 23.7 Å². The van der Waals surface area contributed by atoms with Gasteiger partial charge >= 0.3 is 35.6 Å². The minimum absolute atomic E-state index is 0.0999. The Morgan fingerprint density at radius 1 is 0.680 bits per heavy atom. The fourth-order valence-corrected chi connectivity index (χ4v) is 3.14. The predicted octanol–water partition coefficient (Wildman–Crippen LogP) is 7.28. The molecule has 0 aromatic carbocycles. The zero-order valence-electron chi connectivity index (χ0n) is 16.9. The second kappa shape index (κ2) is 10.2. The molecule has 2 aliphatic rings. The van der Waals surface area contributed by atoms with Gasteiger partial charge in [-0.3, -0.25) is 0 Å². The summed E-state index contributed by atoms with van der Waals surface area (Å²) < 4.78 is 0. The molecular formula is C22H32Cl2Ti. The Bertz CT molecular complexity index is 353. The summed E-state index contributed by atoms with van der Waals surface area (Å²) in [5.41, 5.74) is 0.200. The number of hydrogen-bond acceptors (Lipinski definition) is 0. The van der Waals surface area contributed by atoms with E-state index in [2.05, 4.69) is 93.9 Å².